The second-order valence-corrected chi connectivity index (χ2v) is 3.14. The molecule has 0 heteroatoms. The molecule has 1 aromatic rings. The summed E-state index contributed by atoms with van der Waals surface area (Å²) >= 11 is 0. The van der Waals surface area contributed by atoms with Gasteiger partial charge in [-0.15, -0.1) is 0 Å². The molecule has 1 aromatic carbocycles. The number of fused-ring (bicyclic) bond motifs is 1. The second kappa shape index (κ2) is 12.3. The molecule has 0 nitrogen and oxygen atoms in total. The van der Waals surface area contributed by atoms with Crippen molar-refractivity contribution in [2.45, 2.75) is 67.2 Å². The van der Waals surface area contributed by atoms with Crippen molar-refractivity contribution in [1.82, 2.24) is 0 Å². The van der Waals surface area contributed by atoms with Crippen LogP contribution >= 0.6 is 0 Å². The van der Waals surface area contributed by atoms with Crippen LogP contribution in [0.3, 0.4) is 0 Å². The van der Waals surface area contributed by atoms with Crippen molar-refractivity contribution in [2.24, 2.45) is 0 Å². The molecule has 0 spiro atoms. The van der Waals surface area contributed by atoms with E-state index in [9.17, 15) is 0 Å². The van der Waals surface area contributed by atoms with Gasteiger partial charge in [0.1, 0.15) is 0 Å². The lowest BCUT2D eigenvalue weighted by Crippen LogP contribution is -1.83. The minimum absolute atomic E-state index is 0.802. The maximum absolute atomic E-state index is 2.31. The Morgan fingerprint density at radius 1 is 0.875 bits per heavy atom. The first-order valence-electron chi connectivity index (χ1n) is 6.96. The van der Waals surface area contributed by atoms with Gasteiger partial charge in [0.2, 0.25) is 0 Å². The van der Waals surface area contributed by atoms with Crippen molar-refractivity contribution in [3.05, 3.63) is 35.4 Å². The quantitative estimate of drug-likeness (QED) is 0.519. The van der Waals surface area contributed by atoms with Crippen molar-refractivity contribution in [3.8, 4) is 0 Å². The van der Waals surface area contributed by atoms with E-state index in [4.69, 9.17) is 0 Å². The summed E-state index contributed by atoms with van der Waals surface area (Å²) in [5.41, 5.74) is 3.14. The standard InChI is InChI=1S/C10H12.3C2H6/c1-8-6-7-9-4-2-3-5-10(8)9;3*1-2/h2-5,8H,6-7H2,1H3;3*1-2H3. The van der Waals surface area contributed by atoms with Gasteiger partial charge < -0.3 is 0 Å². The largest absolute Gasteiger partial charge is 0.0683 e. The fourth-order valence-electron chi connectivity index (χ4n) is 1.77. The SMILES string of the molecule is CC.CC.CC.CC1CCc2ccccc21. The molecular weight excluding hydrogens is 192 g/mol. The molecule has 0 fully saturated rings. The molecule has 0 saturated carbocycles. The molecule has 0 radical (unpaired) electrons. The van der Waals surface area contributed by atoms with Gasteiger partial charge in [0, 0.05) is 0 Å². The third kappa shape index (κ3) is 5.34. The summed E-state index contributed by atoms with van der Waals surface area (Å²) in [6, 6.07) is 8.78. The average Bonchev–Trinajstić information content (AvgIpc) is 2.79. The molecule has 0 aliphatic heterocycles. The summed E-state index contributed by atoms with van der Waals surface area (Å²) in [5.74, 6) is 0.802. The van der Waals surface area contributed by atoms with Gasteiger partial charge in [-0.3, -0.25) is 0 Å². The Hall–Kier alpha value is -0.780. The maximum Gasteiger partial charge on any atom is -0.0184 e. The molecule has 1 unspecified atom stereocenters. The van der Waals surface area contributed by atoms with Crippen LogP contribution in [0.4, 0.5) is 0 Å². The summed E-state index contributed by atoms with van der Waals surface area (Å²) in [5, 5.41) is 0. The lowest BCUT2D eigenvalue weighted by atomic mass is 10.0. The minimum Gasteiger partial charge on any atom is -0.0683 e. The zero-order valence-electron chi connectivity index (χ0n) is 12.3. The zero-order chi connectivity index (χ0) is 13.0. The predicted molar refractivity (Wildman–Crippen MR) is 77.2 cm³/mol. The van der Waals surface area contributed by atoms with E-state index < -0.39 is 0 Å². The number of hydrogen-bond donors (Lipinski definition) is 0. The third-order valence-electron chi connectivity index (χ3n) is 2.43. The van der Waals surface area contributed by atoms with Gasteiger partial charge in [0.15, 0.2) is 0 Å². The molecular formula is C16H30. The monoisotopic (exact) mass is 222 g/mol. The normalized spacial score (nSPS) is 15.3. The summed E-state index contributed by atoms with van der Waals surface area (Å²) < 4.78 is 0. The van der Waals surface area contributed by atoms with Crippen LogP contribution in [0.2, 0.25) is 0 Å². The molecule has 0 amide bonds. The first kappa shape index (κ1) is 17.6. The van der Waals surface area contributed by atoms with Crippen LogP contribution < -0.4 is 0 Å². The molecule has 16 heavy (non-hydrogen) atoms. The van der Waals surface area contributed by atoms with Crippen molar-refractivity contribution < 1.29 is 0 Å². The summed E-state index contributed by atoms with van der Waals surface area (Å²) in [7, 11) is 0. The molecule has 0 saturated heterocycles. The Kier molecular flexibility index (Phi) is 13.5. The molecule has 0 bridgehead atoms. The summed E-state index contributed by atoms with van der Waals surface area (Å²) in [6.07, 6.45) is 2.64. The minimum atomic E-state index is 0.802. The highest BCUT2D eigenvalue weighted by atomic mass is 14.2. The van der Waals surface area contributed by atoms with Crippen molar-refractivity contribution in [3.63, 3.8) is 0 Å². The zero-order valence-corrected chi connectivity index (χ0v) is 12.3. The molecule has 1 aliphatic rings. The molecule has 1 atom stereocenters. The fourth-order valence-corrected chi connectivity index (χ4v) is 1.77. The van der Waals surface area contributed by atoms with Crippen LogP contribution in [0.1, 0.15) is 71.9 Å². The lowest BCUT2D eigenvalue weighted by molar-refractivity contribution is 0.747. The number of hydrogen-bond acceptors (Lipinski definition) is 0. The van der Waals surface area contributed by atoms with E-state index in [1.807, 2.05) is 41.5 Å². The number of aryl methyl sites for hydroxylation is 1. The van der Waals surface area contributed by atoms with Crippen molar-refractivity contribution in [2.75, 3.05) is 0 Å². The van der Waals surface area contributed by atoms with E-state index >= 15 is 0 Å². The smallest absolute Gasteiger partial charge is 0.0184 e. The number of rotatable bonds is 0. The Morgan fingerprint density at radius 3 is 1.88 bits per heavy atom. The van der Waals surface area contributed by atoms with Gasteiger partial charge in [0.05, 0.1) is 0 Å². The van der Waals surface area contributed by atoms with E-state index in [0.29, 0.717) is 0 Å². The first-order valence-corrected chi connectivity index (χ1v) is 6.96. The Labute approximate surface area is 103 Å². The summed E-state index contributed by atoms with van der Waals surface area (Å²) in [4.78, 5) is 0. The van der Waals surface area contributed by atoms with E-state index in [1.165, 1.54) is 12.8 Å². The Morgan fingerprint density at radius 2 is 1.38 bits per heavy atom. The highest BCUT2D eigenvalue weighted by Crippen LogP contribution is 2.31. The summed E-state index contributed by atoms with van der Waals surface area (Å²) in [6.45, 7) is 14.3. The molecule has 0 aromatic heterocycles. The number of benzene rings is 1. The van der Waals surface area contributed by atoms with E-state index in [2.05, 4.69) is 31.2 Å². The average molecular weight is 222 g/mol. The first-order chi connectivity index (χ1) is 7.88. The van der Waals surface area contributed by atoms with E-state index in [0.717, 1.165) is 5.92 Å². The Bertz CT molecular complexity index is 238. The van der Waals surface area contributed by atoms with Crippen molar-refractivity contribution in [1.29, 1.82) is 0 Å². The molecule has 0 heterocycles. The van der Waals surface area contributed by atoms with Gasteiger partial charge in [-0.2, -0.15) is 0 Å². The topological polar surface area (TPSA) is 0 Å². The van der Waals surface area contributed by atoms with Crippen LogP contribution in [0.5, 0.6) is 0 Å². The highest BCUT2D eigenvalue weighted by Gasteiger charge is 2.16. The lowest BCUT2D eigenvalue weighted by Gasteiger charge is -2.01. The van der Waals surface area contributed by atoms with Gasteiger partial charge >= 0.3 is 0 Å². The van der Waals surface area contributed by atoms with Gasteiger partial charge in [-0.25, -0.2) is 0 Å². The second-order valence-electron chi connectivity index (χ2n) is 3.14. The molecule has 1 aliphatic carbocycles. The van der Waals surface area contributed by atoms with Gasteiger partial charge in [0.25, 0.3) is 0 Å². The van der Waals surface area contributed by atoms with Gasteiger partial charge in [-0.1, -0.05) is 72.7 Å². The van der Waals surface area contributed by atoms with Crippen LogP contribution in [-0.4, -0.2) is 0 Å². The fraction of sp³-hybridized carbons (Fsp3) is 0.625. The van der Waals surface area contributed by atoms with Crippen LogP contribution in [0.25, 0.3) is 0 Å². The highest BCUT2D eigenvalue weighted by molar-refractivity contribution is 5.33. The predicted octanol–water partition coefficient (Wildman–Crippen LogP) is 5.81. The molecule has 94 valence electrons. The van der Waals surface area contributed by atoms with Crippen LogP contribution in [0.15, 0.2) is 24.3 Å². The Balaban J connectivity index is 0. The van der Waals surface area contributed by atoms with Crippen LogP contribution in [0, 0.1) is 0 Å². The van der Waals surface area contributed by atoms with Gasteiger partial charge in [-0.05, 0) is 29.9 Å². The van der Waals surface area contributed by atoms with Crippen LogP contribution in [-0.2, 0) is 6.42 Å². The maximum atomic E-state index is 2.31. The van der Waals surface area contributed by atoms with E-state index in [-0.39, 0.29) is 0 Å². The van der Waals surface area contributed by atoms with E-state index in [1.54, 1.807) is 11.1 Å². The molecule has 2 rings (SSSR count). The molecule has 0 N–H and O–H groups in total. The third-order valence-corrected chi connectivity index (χ3v) is 2.43. The van der Waals surface area contributed by atoms with Crippen molar-refractivity contribution >= 4 is 0 Å².